The van der Waals surface area contributed by atoms with Crippen LogP contribution in [0.3, 0.4) is 0 Å². The first-order chi connectivity index (χ1) is 9.75. The molecular weight excluding hydrogens is 252 g/mol. The van der Waals surface area contributed by atoms with Crippen LogP contribution in [0.1, 0.15) is 18.9 Å². The molecule has 1 fully saturated rings. The van der Waals surface area contributed by atoms with Crippen molar-refractivity contribution < 1.29 is 9.53 Å². The van der Waals surface area contributed by atoms with Gasteiger partial charge in [0.1, 0.15) is 0 Å². The molecule has 0 radical (unpaired) electrons. The number of nitrogens with zero attached hydrogens (tertiary/aromatic N) is 2. The fourth-order valence-corrected chi connectivity index (χ4v) is 3.16. The first-order valence-corrected chi connectivity index (χ1v) is 7.46. The van der Waals surface area contributed by atoms with Gasteiger partial charge in [-0.05, 0) is 25.0 Å². The summed E-state index contributed by atoms with van der Waals surface area (Å²) in [4.78, 5) is 16.5. The van der Waals surface area contributed by atoms with E-state index in [0.29, 0.717) is 25.7 Å². The van der Waals surface area contributed by atoms with E-state index in [1.807, 2.05) is 4.90 Å². The predicted molar refractivity (Wildman–Crippen MR) is 79.0 cm³/mol. The number of hydrogen-bond donors (Lipinski definition) is 0. The normalized spacial score (nSPS) is 21.9. The van der Waals surface area contributed by atoms with Crippen molar-refractivity contribution in [3.63, 3.8) is 0 Å². The summed E-state index contributed by atoms with van der Waals surface area (Å²) in [7, 11) is 0. The van der Waals surface area contributed by atoms with Gasteiger partial charge >= 0.3 is 0 Å². The highest BCUT2D eigenvalue weighted by Gasteiger charge is 2.26. The number of fused-ring (bicyclic) bond motifs is 1. The lowest BCUT2D eigenvalue weighted by atomic mass is 10.1. The van der Waals surface area contributed by atoms with E-state index in [0.717, 1.165) is 26.1 Å². The number of para-hydroxylation sites is 1. The zero-order chi connectivity index (χ0) is 13.9. The SMILES string of the molecule is CC1Cc2ccccc2N1CCC(=O)N1CCOCC1. The minimum Gasteiger partial charge on any atom is -0.378 e. The Kier molecular flexibility index (Phi) is 3.92. The summed E-state index contributed by atoms with van der Waals surface area (Å²) in [5.74, 6) is 0.255. The van der Waals surface area contributed by atoms with Gasteiger partial charge in [0, 0.05) is 37.8 Å². The lowest BCUT2D eigenvalue weighted by Crippen LogP contribution is -2.42. The smallest absolute Gasteiger partial charge is 0.224 e. The van der Waals surface area contributed by atoms with Crippen molar-refractivity contribution in [2.45, 2.75) is 25.8 Å². The van der Waals surface area contributed by atoms with E-state index in [2.05, 4.69) is 36.1 Å². The maximum absolute atomic E-state index is 12.2. The molecule has 0 spiro atoms. The second kappa shape index (κ2) is 5.83. The van der Waals surface area contributed by atoms with Crippen LogP contribution in [-0.4, -0.2) is 49.7 Å². The molecule has 0 N–H and O–H groups in total. The van der Waals surface area contributed by atoms with E-state index in [4.69, 9.17) is 4.74 Å². The maximum Gasteiger partial charge on any atom is 0.224 e. The lowest BCUT2D eigenvalue weighted by molar-refractivity contribution is -0.135. The van der Waals surface area contributed by atoms with Crippen molar-refractivity contribution in [1.82, 2.24) is 4.90 Å². The number of carbonyl (C=O) groups excluding carboxylic acids is 1. The molecule has 1 amide bonds. The average molecular weight is 274 g/mol. The molecular formula is C16H22N2O2. The van der Waals surface area contributed by atoms with Crippen molar-refractivity contribution in [2.24, 2.45) is 0 Å². The third-order valence-electron chi connectivity index (χ3n) is 4.28. The molecule has 3 rings (SSSR count). The highest BCUT2D eigenvalue weighted by Crippen LogP contribution is 2.31. The third-order valence-corrected chi connectivity index (χ3v) is 4.28. The molecule has 0 bridgehead atoms. The lowest BCUT2D eigenvalue weighted by Gasteiger charge is -2.29. The first kappa shape index (κ1) is 13.4. The molecule has 0 aromatic heterocycles. The number of carbonyl (C=O) groups is 1. The summed E-state index contributed by atoms with van der Waals surface area (Å²) in [5.41, 5.74) is 2.70. The third kappa shape index (κ3) is 2.66. The van der Waals surface area contributed by atoms with E-state index in [9.17, 15) is 4.79 Å². The molecule has 1 aromatic carbocycles. The number of amides is 1. The summed E-state index contributed by atoms with van der Waals surface area (Å²) >= 11 is 0. The number of morpholine rings is 1. The van der Waals surface area contributed by atoms with Gasteiger partial charge in [-0.2, -0.15) is 0 Å². The van der Waals surface area contributed by atoms with Crippen LogP contribution in [0.15, 0.2) is 24.3 Å². The first-order valence-electron chi connectivity index (χ1n) is 7.46. The number of benzene rings is 1. The molecule has 2 heterocycles. The highest BCUT2D eigenvalue weighted by atomic mass is 16.5. The minimum absolute atomic E-state index is 0.255. The van der Waals surface area contributed by atoms with Crippen LogP contribution >= 0.6 is 0 Å². The second-order valence-corrected chi connectivity index (χ2v) is 5.62. The van der Waals surface area contributed by atoms with Crippen molar-refractivity contribution in [1.29, 1.82) is 0 Å². The van der Waals surface area contributed by atoms with Crippen molar-refractivity contribution >= 4 is 11.6 Å². The topological polar surface area (TPSA) is 32.8 Å². The molecule has 1 unspecified atom stereocenters. The van der Waals surface area contributed by atoms with Gasteiger partial charge in [-0.15, -0.1) is 0 Å². The Morgan fingerprint density at radius 1 is 1.30 bits per heavy atom. The molecule has 1 atom stereocenters. The Morgan fingerprint density at radius 3 is 2.85 bits per heavy atom. The molecule has 4 nitrogen and oxygen atoms in total. The van der Waals surface area contributed by atoms with Gasteiger partial charge in [0.2, 0.25) is 5.91 Å². The zero-order valence-corrected chi connectivity index (χ0v) is 12.0. The minimum atomic E-state index is 0.255. The summed E-state index contributed by atoms with van der Waals surface area (Å²) in [6.07, 6.45) is 1.68. The Bertz CT molecular complexity index is 483. The number of anilines is 1. The van der Waals surface area contributed by atoms with Gasteiger partial charge in [0.15, 0.2) is 0 Å². The summed E-state index contributed by atoms with van der Waals surface area (Å²) in [5, 5.41) is 0. The molecule has 108 valence electrons. The summed E-state index contributed by atoms with van der Waals surface area (Å²) < 4.78 is 5.29. The Morgan fingerprint density at radius 2 is 2.05 bits per heavy atom. The fraction of sp³-hybridized carbons (Fsp3) is 0.562. The monoisotopic (exact) mass is 274 g/mol. The average Bonchev–Trinajstić information content (AvgIpc) is 2.81. The fourth-order valence-electron chi connectivity index (χ4n) is 3.16. The van der Waals surface area contributed by atoms with Crippen LogP contribution in [0.25, 0.3) is 0 Å². The number of ether oxygens (including phenoxy) is 1. The molecule has 2 aliphatic rings. The van der Waals surface area contributed by atoms with E-state index in [1.165, 1.54) is 11.3 Å². The van der Waals surface area contributed by atoms with E-state index < -0.39 is 0 Å². The van der Waals surface area contributed by atoms with Crippen LogP contribution in [0.5, 0.6) is 0 Å². The molecule has 0 aliphatic carbocycles. The van der Waals surface area contributed by atoms with E-state index in [1.54, 1.807) is 0 Å². The van der Waals surface area contributed by atoms with Crippen molar-refractivity contribution in [3.05, 3.63) is 29.8 Å². The van der Waals surface area contributed by atoms with Gasteiger partial charge in [-0.25, -0.2) is 0 Å². The van der Waals surface area contributed by atoms with Gasteiger partial charge in [0.05, 0.1) is 13.2 Å². The molecule has 0 saturated carbocycles. The maximum atomic E-state index is 12.2. The Balaban J connectivity index is 1.59. The molecule has 1 aromatic rings. The van der Waals surface area contributed by atoms with Crippen LogP contribution in [-0.2, 0) is 16.0 Å². The standard InChI is InChI=1S/C16H22N2O2/c1-13-12-14-4-2-3-5-15(14)18(13)7-6-16(19)17-8-10-20-11-9-17/h2-5,13H,6-12H2,1H3. The quantitative estimate of drug-likeness (QED) is 0.841. The zero-order valence-electron chi connectivity index (χ0n) is 12.0. The van der Waals surface area contributed by atoms with Crippen LogP contribution in [0, 0.1) is 0 Å². The highest BCUT2D eigenvalue weighted by molar-refractivity contribution is 5.77. The number of rotatable bonds is 3. The molecule has 4 heteroatoms. The molecule has 20 heavy (non-hydrogen) atoms. The summed E-state index contributed by atoms with van der Waals surface area (Å²) in [6, 6.07) is 9.01. The van der Waals surface area contributed by atoms with Gasteiger partial charge < -0.3 is 14.5 Å². The number of hydrogen-bond acceptors (Lipinski definition) is 3. The Hall–Kier alpha value is -1.55. The van der Waals surface area contributed by atoms with Crippen LogP contribution < -0.4 is 4.90 Å². The van der Waals surface area contributed by atoms with Crippen LogP contribution in [0.4, 0.5) is 5.69 Å². The second-order valence-electron chi connectivity index (χ2n) is 5.62. The summed E-state index contributed by atoms with van der Waals surface area (Å²) in [6.45, 7) is 5.88. The Labute approximate surface area is 120 Å². The van der Waals surface area contributed by atoms with Gasteiger partial charge in [-0.3, -0.25) is 4.79 Å². The van der Waals surface area contributed by atoms with Crippen molar-refractivity contribution in [3.8, 4) is 0 Å². The largest absolute Gasteiger partial charge is 0.378 e. The van der Waals surface area contributed by atoms with Crippen LogP contribution in [0.2, 0.25) is 0 Å². The van der Waals surface area contributed by atoms with E-state index >= 15 is 0 Å². The molecule has 2 aliphatic heterocycles. The predicted octanol–water partition coefficient (Wildman–Crippen LogP) is 1.69. The van der Waals surface area contributed by atoms with Crippen molar-refractivity contribution in [2.75, 3.05) is 37.7 Å². The molecule has 1 saturated heterocycles. The van der Waals surface area contributed by atoms with Gasteiger partial charge in [0.25, 0.3) is 0 Å². The van der Waals surface area contributed by atoms with E-state index in [-0.39, 0.29) is 5.91 Å². The van der Waals surface area contributed by atoms with Gasteiger partial charge in [-0.1, -0.05) is 18.2 Å².